The highest BCUT2D eigenvalue weighted by Crippen LogP contribution is 2.25. The van der Waals surface area contributed by atoms with Crippen molar-refractivity contribution in [2.24, 2.45) is 0 Å². The lowest BCUT2D eigenvalue weighted by atomic mass is 10.1. The van der Waals surface area contributed by atoms with Gasteiger partial charge in [0.25, 0.3) is 0 Å². The lowest BCUT2D eigenvalue weighted by Gasteiger charge is -2.08. The van der Waals surface area contributed by atoms with Gasteiger partial charge in [0.2, 0.25) is 5.91 Å². The summed E-state index contributed by atoms with van der Waals surface area (Å²) in [6.07, 6.45) is 1.12. The van der Waals surface area contributed by atoms with Crippen molar-refractivity contribution in [1.82, 2.24) is 19.6 Å². The van der Waals surface area contributed by atoms with E-state index in [2.05, 4.69) is 20.4 Å². The van der Waals surface area contributed by atoms with Gasteiger partial charge in [0, 0.05) is 0 Å². The number of nitrogens with one attached hydrogen (secondary N) is 1. The maximum absolute atomic E-state index is 14.0. The number of carbonyl (C=O) groups excluding carboxylic acids is 1. The molecule has 0 spiro atoms. The molecular weight excluding hydrogens is 366 g/mol. The largest absolute Gasteiger partial charge is 0.382 e. The number of rotatable bonds is 4. The van der Waals surface area contributed by atoms with E-state index in [1.165, 1.54) is 35.1 Å². The maximum Gasteiger partial charge on any atom is 0.229 e. The Morgan fingerprint density at radius 3 is 2.54 bits per heavy atom. The summed E-state index contributed by atoms with van der Waals surface area (Å²) < 4.78 is 29.1. The minimum Gasteiger partial charge on any atom is -0.382 e. The summed E-state index contributed by atoms with van der Waals surface area (Å²) in [6, 6.07) is 12.0. The Kier molecular flexibility index (Phi) is 4.40. The number of benzene rings is 2. The van der Waals surface area contributed by atoms with Crippen molar-refractivity contribution in [1.29, 1.82) is 0 Å². The molecule has 2 aromatic carbocycles. The molecule has 4 rings (SSSR count). The zero-order valence-electron chi connectivity index (χ0n) is 14.4. The van der Waals surface area contributed by atoms with Crippen molar-refractivity contribution in [3.05, 3.63) is 72.1 Å². The lowest BCUT2D eigenvalue weighted by molar-refractivity contribution is -0.115. The standard InChI is InChI=1S/C19H14F2N6O/c20-13-7-3-1-5-11(13)9-15(28)24-16-17(22)23-10-27-19(16)25-18(26-27)12-6-2-4-8-14(12)21/h1-8,10H,9,22H2,(H,24,28). The van der Waals surface area contributed by atoms with Crippen LogP contribution in [0.2, 0.25) is 0 Å². The summed E-state index contributed by atoms with van der Waals surface area (Å²) in [6.45, 7) is 0. The molecule has 2 aromatic heterocycles. The molecule has 0 fully saturated rings. The summed E-state index contributed by atoms with van der Waals surface area (Å²) in [7, 11) is 0. The summed E-state index contributed by atoms with van der Waals surface area (Å²) >= 11 is 0. The van der Waals surface area contributed by atoms with Crippen LogP contribution in [0.3, 0.4) is 0 Å². The number of nitrogen functional groups attached to an aromatic ring is 1. The molecule has 0 atom stereocenters. The zero-order chi connectivity index (χ0) is 19.7. The monoisotopic (exact) mass is 380 g/mol. The van der Waals surface area contributed by atoms with E-state index in [-0.39, 0.29) is 40.5 Å². The van der Waals surface area contributed by atoms with Crippen LogP contribution >= 0.6 is 0 Å². The first-order chi connectivity index (χ1) is 13.5. The number of halogens is 2. The molecule has 4 aromatic rings. The third-order valence-electron chi connectivity index (χ3n) is 4.11. The number of hydrogen-bond donors (Lipinski definition) is 2. The van der Waals surface area contributed by atoms with Gasteiger partial charge in [-0.2, -0.15) is 4.52 Å². The third kappa shape index (κ3) is 3.25. The van der Waals surface area contributed by atoms with Crippen molar-refractivity contribution < 1.29 is 13.6 Å². The Hall–Kier alpha value is -3.88. The van der Waals surface area contributed by atoms with Crippen LogP contribution < -0.4 is 11.1 Å². The number of fused-ring (bicyclic) bond motifs is 1. The normalized spacial score (nSPS) is 10.9. The first kappa shape index (κ1) is 17.5. The molecule has 3 N–H and O–H groups in total. The van der Waals surface area contributed by atoms with E-state index < -0.39 is 17.5 Å². The van der Waals surface area contributed by atoms with E-state index in [0.717, 1.165) is 0 Å². The van der Waals surface area contributed by atoms with Gasteiger partial charge in [-0.15, -0.1) is 5.10 Å². The molecule has 0 saturated heterocycles. The quantitative estimate of drug-likeness (QED) is 0.567. The fourth-order valence-electron chi connectivity index (χ4n) is 2.75. The van der Waals surface area contributed by atoms with Crippen molar-refractivity contribution >= 4 is 23.1 Å². The van der Waals surface area contributed by atoms with Crippen LogP contribution in [0.1, 0.15) is 5.56 Å². The van der Waals surface area contributed by atoms with Crippen molar-refractivity contribution in [3.63, 3.8) is 0 Å². The smallest absolute Gasteiger partial charge is 0.229 e. The van der Waals surface area contributed by atoms with E-state index >= 15 is 0 Å². The predicted molar refractivity (Wildman–Crippen MR) is 99.3 cm³/mol. The van der Waals surface area contributed by atoms with Crippen LogP contribution in [0.4, 0.5) is 20.3 Å². The summed E-state index contributed by atoms with van der Waals surface area (Å²) in [5, 5.41) is 6.79. The van der Waals surface area contributed by atoms with E-state index in [1.807, 2.05) is 0 Å². The van der Waals surface area contributed by atoms with Gasteiger partial charge in [-0.1, -0.05) is 30.3 Å². The second kappa shape index (κ2) is 7.03. The highest BCUT2D eigenvalue weighted by atomic mass is 19.1. The van der Waals surface area contributed by atoms with Gasteiger partial charge < -0.3 is 11.1 Å². The Balaban J connectivity index is 1.69. The van der Waals surface area contributed by atoms with Gasteiger partial charge in [0.15, 0.2) is 17.3 Å². The highest BCUT2D eigenvalue weighted by Gasteiger charge is 2.18. The van der Waals surface area contributed by atoms with Crippen LogP contribution in [0.25, 0.3) is 17.0 Å². The molecule has 0 saturated carbocycles. The van der Waals surface area contributed by atoms with E-state index in [4.69, 9.17) is 5.73 Å². The summed E-state index contributed by atoms with van der Waals surface area (Å²) in [5.41, 5.74) is 6.65. The molecule has 0 unspecified atom stereocenters. The Labute approximate surface area is 157 Å². The second-order valence-electron chi connectivity index (χ2n) is 6.00. The van der Waals surface area contributed by atoms with Gasteiger partial charge >= 0.3 is 0 Å². The average molecular weight is 380 g/mol. The second-order valence-corrected chi connectivity index (χ2v) is 6.00. The topological polar surface area (TPSA) is 98.2 Å². The SMILES string of the molecule is Nc1ncn2nc(-c3ccccc3F)nc2c1NC(=O)Cc1ccccc1F. The van der Waals surface area contributed by atoms with E-state index in [1.54, 1.807) is 24.3 Å². The Morgan fingerprint density at radius 1 is 1.07 bits per heavy atom. The summed E-state index contributed by atoms with van der Waals surface area (Å²) in [4.78, 5) is 20.6. The zero-order valence-corrected chi connectivity index (χ0v) is 14.4. The number of amides is 1. The predicted octanol–water partition coefficient (Wildman–Crippen LogP) is 2.83. The molecule has 9 heteroatoms. The number of aromatic nitrogens is 4. The first-order valence-electron chi connectivity index (χ1n) is 8.32. The van der Waals surface area contributed by atoms with Gasteiger partial charge in [-0.25, -0.2) is 18.7 Å². The van der Waals surface area contributed by atoms with Crippen molar-refractivity contribution in [2.75, 3.05) is 11.1 Å². The Morgan fingerprint density at radius 2 is 1.79 bits per heavy atom. The molecule has 0 aliphatic heterocycles. The van der Waals surface area contributed by atoms with Crippen LogP contribution in [0, 0.1) is 11.6 Å². The molecular formula is C19H14F2N6O. The Bertz CT molecular complexity index is 1190. The molecule has 0 aliphatic rings. The molecule has 7 nitrogen and oxygen atoms in total. The summed E-state index contributed by atoms with van der Waals surface area (Å²) in [5.74, 6) is -1.32. The van der Waals surface area contributed by atoms with Gasteiger partial charge in [-0.05, 0) is 23.8 Å². The third-order valence-corrected chi connectivity index (χ3v) is 4.11. The minimum absolute atomic E-state index is 0.0156. The number of nitrogens with two attached hydrogens (primary N) is 1. The van der Waals surface area contributed by atoms with Gasteiger partial charge in [0.1, 0.15) is 23.6 Å². The average Bonchev–Trinajstić information content (AvgIpc) is 3.11. The molecule has 0 radical (unpaired) electrons. The van der Waals surface area contributed by atoms with Gasteiger partial charge in [-0.3, -0.25) is 4.79 Å². The van der Waals surface area contributed by atoms with Crippen LogP contribution in [-0.4, -0.2) is 25.5 Å². The molecule has 2 heterocycles. The van der Waals surface area contributed by atoms with Crippen LogP contribution in [-0.2, 0) is 11.2 Å². The van der Waals surface area contributed by atoms with Crippen LogP contribution in [0.5, 0.6) is 0 Å². The fraction of sp³-hybridized carbons (Fsp3) is 0.0526. The minimum atomic E-state index is -0.498. The first-order valence-corrected chi connectivity index (χ1v) is 8.32. The number of hydrogen-bond acceptors (Lipinski definition) is 5. The number of nitrogens with zero attached hydrogens (tertiary/aromatic N) is 4. The molecule has 140 valence electrons. The molecule has 0 aliphatic carbocycles. The highest BCUT2D eigenvalue weighted by molar-refractivity contribution is 5.98. The molecule has 28 heavy (non-hydrogen) atoms. The number of carbonyl (C=O) groups is 1. The van der Waals surface area contributed by atoms with Crippen molar-refractivity contribution in [3.8, 4) is 11.4 Å². The maximum atomic E-state index is 14.0. The van der Waals surface area contributed by atoms with Crippen LogP contribution in [0.15, 0.2) is 54.9 Å². The molecule has 1 amide bonds. The molecule has 0 bridgehead atoms. The van der Waals surface area contributed by atoms with E-state index in [9.17, 15) is 13.6 Å². The van der Waals surface area contributed by atoms with Crippen molar-refractivity contribution in [2.45, 2.75) is 6.42 Å². The number of anilines is 2. The van der Waals surface area contributed by atoms with E-state index in [0.29, 0.717) is 0 Å². The lowest BCUT2D eigenvalue weighted by Crippen LogP contribution is -2.17. The fourth-order valence-corrected chi connectivity index (χ4v) is 2.75. The van der Waals surface area contributed by atoms with Gasteiger partial charge in [0.05, 0.1) is 12.0 Å².